The molecule has 1 rings (SSSR count). The molecule has 0 aliphatic carbocycles. The van der Waals surface area contributed by atoms with Gasteiger partial charge in [0, 0.05) is 19.2 Å². The summed E-state index contributed by atoms with van der Waals surface area (Å²) < 4.78 is 23.1. The highest BCUT2D eigenvalue weighted by Crippen LogP contribution is 2.20. The number of hydrogen-bond acceptors (Lipinski definition) is 3. The van der Waals surface area contributed by atoms with Crippen molar-refractivity contribution in [1.29, 1.82) is 0 Å². The molecule has 0 saturated heterocycles. The number of methoxy groups -OCH3 is 2. The van der Waals surface area contributed by atoms with Crippen molar-refractivity contribution in [1.82, 2.24) is 4.90 Å². The van der Waals surface area contributed by atoms with Crippen LogP contribution in [0.3, 0.4) is 0 Å². The van der Waals surface area contributed by atoms with Gasteiger partial charge in [-0.25, -0.2) is 4.39 Å². The monoisotopic (exact) mass is 213 g/mol. The summed E-state index contributed by atoms with van der Waals surface area (Å²) in [5.41, 5.74) is 0.817. The van der Waals surface area contributed by atoms with Gasteiger partial charge in [0.15, 0.2) is 0 Å². The molecule has 0 aliphatic heterocycles. The normalized spacial score (nSPS) is 10.7. The van der Waals surface area contributed by atoms with E-state index in [1.165, 1.54) is 12.1 Å². The van der Waals surface area contributed by atoms with E-state index in [-0.39, 0.29) is 5.82 Å². The second-order valence-corrected chi connectivity index (χ2v) is 3.39. The van der Waals surface area contributed by atoms with Gasteiger partial charge in [0.25, 0.3) is 0 Å². The first kappa shape index (κ1) is 11.9. The van der Waals surface area contributed by atoms with Crippen LogP contribution in [0.25, 0.3) is 0 Å². The quantitative estimate of drug-likeness (QED) is 0.697. The van der Waals surface area contributed by atoms with E-state index in [2.05, 4.69) is 0 Å². The van der Waals surface area contributed by atoms with Crippen molar-refractivity contribution in [2.75, 3.05) is 28.0 Å². The van der Waals surface area contributed by atoms with Crippen LogP contribution < -0.4 is 4.74 Å². The predicted molar refractivity (Wildman–Crippen MR) is 56.3 cm³/mol. The molecule has 0 amide bonds. The Kier molecular flexibility index (Phi) is 4.52. The van der Waals surface area contributed by atoms with E-state index >= 15 is 0 Å². The molecule has 0 fully saturated rings. The zero-order chi connectivity index (χ0) is 11.3. The number of hydrogen-bond donors (Lipinski definition) is 0. The molecule has 0 spiro atoms. The lowest BCUT2D eigenvalue weighted by Crippen LogP contribution is -2.20. The SMILES string of the molecule is COCN(C)Cc1cc(F)ccc1OC. The Morgan fingerprint density at radius 1 is 1.33 bits per heavy atom. The van der Waals surface area contributed by atoms with Crippen molar-refractivity contribution in [2.24, 2.45) is 0 Å². The van der Waals surface area contributed by atoms with Crippen LogP contribution in [0, 0.1) is 5.82 Å². The van der Waals surface area contributed by atoms with Gasteiger partial charge in [-0.05, 0) is 25.2 Å². The number of benzene rings is 1. The van der Waals surface area contributed by atoms with Crippen LogP contribution in [-0.2, 0) is 11.3 Å². The van der Waals surface area contributed by atoms with Crippen molar-refractivity contribution in [3.8, 4) is 5.75 Å². The number of nitrogens with zero attached hydrogens (tertiary/aromatic N) is 1. The first-order chi connectivity index (χ1) is 7.17. The Labute approximate surface area is 89.4 Å². The second-order valence-electron chi connectivity index (χ2n) is 3.39. The zero-order valence-corrected chi connectivity index (χ0v) is 9.29. The molecule has 0 saturated carbocycles. The minimum Gasteiger partial charge on any atom is -0.496 e. The molecule has 0 aromatic heterocycles. The lowest BCUT2D eigenvalue weighted by molar-refractivity contribution is 0.0766. The summed E-state index contributed by atoms with van der Waals surface area (Å²) in [6, 6.07) is 4.49. The fourth-order valence-corrected chi connectivity index (χ4v) is 1.43. The highest BCUT2D eigenvalue weighted by Gasteiger charge is 2.07. The van der Waals surface area contributed by atoms with E-state index in [4.69, 9.17) is 9.47 Å². The van der Waals surface area contributed by atoms with Crippen molar-refractivity contribution in [3.05, 3.63) is 29.6 Å². The van der Waals surface area contributed by atoms with Gasteiger partial charge in [0.1, 0.15) is 11.6 Å². The van der Waals surface area contributed by atoms with Gasteiger partial charge in [-0.3, -0.25) is 4.90 Å². The molecule has 0 aliphatic rings. The molecule has 3 nitrogen and oxygen atoms in total. The summed E-state index contributed by atoms with van der Waals surface area (Å²) in [6.45, 7) is 1.09. The summed E-state index contributed by atoms with van der Waals surface area (Å²) in [5.74, 6) is 0.441. The maximum absolute atomic E-state index is 13.0. The Morgan fingerprint density at radius 2 is 2.07 bits per heavy atom. The van der Waals surface area contributed by atoms with Gasteiger partial charge in [-0.15, -0.1) is 0 Å². The van der Waals surface area contributed by atoms with Crippen LogP contribution in [0.2, 0.25) is 0 Å². The van der Waals surface area contributed by atoms with Crippen LogP contribution in [-0.4, -0.2) is 32.9 Å². The highest BCUT2D eigenvalue weighted by molar-refractivity contribution is 5.33. The van der Waals surface area contributed by atoms with Gasteiger partial charge in [-0.1, -0.05) is 0 Å². The average Bonchev–Trinajstić information content (AvgIpc) is 2.18. The maximum Gasteiger partial charge on any atom is 0.123 e. The molecule has 0 bridgehead atoms. The van der Waals surface area contributed by atoms with Crippen LogP contribution >= 0.6 is 0 Å². The van der Waals surface area contributed by atoms with Gasteiger partial charge >= 0.3 is 0 Å². The first-order valence-corrected chi connectivity index (χ1v) is 4.67. The Bertz CT molecular complexity index is 317. The molecule has 1 aromatic rings. The molecule has 0 unspecified atom stereocenters. The minimum absolute atomic E-state index is 0.253. The fourth-order valence-electron chi connectivity index (χ4n) is 1.43. The third-order valence-corrected chi connectivity index (χ3v) is 2.03. The Morgan fingerprint density at radius 3 is 2.67 bits per heavy atom. The summed E-state index contributed by atoms with van der Waals surface area (Å²) >= 11 is 0. The molecular formula is C11H16FNO2. The summed E-state index contributed by atoms with van der Waals surface area (Å²) in [6.07, 6.45) is 0. The molecule has 0 heterocycles. The van der Waals surface area contributed by atoms with Gasteiger partial charge in [0.2, 0.25) is 0 Å². The standard InChI is InChI=1S/C11H16FNO2/c1-13(8-14-2)7-9-6-10(12)4-5-11(9)15-3/h4-6H,7-8H2,1-3H3. The molecule has 15 heavy (non-hydrogen) atoms. The van der Waals surface area contributed by atoms with E-state index < -0.39 is 0 Å². The van der Waals surface area contributed by atoms with Crippen LogP contribution in [0.1, 0.15) is 5.56 Å². The third-order valence-electron chi connectivity index (χ3n) is 2.03. The Balaban J connectivity index is 2.77. The van der Waals surface area contributed by atoms with Crippen LogP contribution in [0.15, 0.2) is 18.2 Å². The average molecular weight is 213 g/mol. The second kappa shape index (κ2) is 5.68. The highest BCUT2D eigenvalue weighted by atomic mass is 19.1. The smallest absolute Gasteiger partial charge is 0.123 e. The van der Waals surface area contributed by atoms with E-state index in [1.807, 2.05) is 11.9 Å². The molecule has 84 valence electrons. The third kappa shape index (κ3) is 3.49. The van der Waals surface area contributed by atoms with Crippen molar-refractivity contribution in [2.45, 2.75) is 6.54 Å². The Hall–Kier alpha value is -1.13. The topological polar surface area (TPSA) is 21.7 Å². The summed E-state index contributed by atoms with van der Waals surface area (Å²) in [4.78, 5) is 1.93. The van der Waals surface area contributed by atoms with Crippen LogP contribution in [0.4, 0.5) is 4.39 Å². The number of halogens is 1. The van der Waals surface area contributed by atoms with Gasteiger partial charge in [-0.2, -0.15) is 0 Å². The minimum atomic E-state index is -0.253. The predicted octanol–water partition coefficient (Wildman–Crippen LogP) is 1.87. The lowest BCUT2D eigenvalue weighted by atomic mass is 10.2. The molecule has 0 radical (unpaired) electrons. The lowest BCUT2D eigenvalue weighted by Gasteiger charge is -2.17. The number of rotatable bonds is 5. The largest absolute Gasteiger partial charge is 0.496 e. The van der Waals surface area contributed by atoms with E-state index in [9.17, 15) is 4.39 Å². The fraction of sp³-hybridized carbons (Fsp3) is 0.455. The zero-order valence-electron chi connectivity index (χ0n) is 9.29. The van der Waals surface area contributed by atoms with Crippen molar-refractivity contribution in [3.63, 3.8) is 0 Å². The van der Waals surface area contributed by atoms with E-state index in [0.29, 0.717) is 19.0 Å². The van der Waals surface area contributed by atoms with E-state index in [0.717, 1.165) is 5.56 Å². The van der Waals surface area contributed by atoms with Crippen molar-refractivity contribution >= 4 is 0 Å². The molecule has 1 aromatic carbocycles. The van der Waals surface area contributed by atoms with Gasteiger partial charge < -0.3 is 9.47 Å². The molecule has 0 N–H and O–H groups in total. The molecule has 0 atom stereocenters. The van der Waals surface area contributed by atoms with Gasteiger partial charge in [0.05, 0.1) is 13.8 Å². The number of ether oxygens (including phenoxy) is 2. The molecular weight excluding hydrogens is 197 g/mol. The first-order valence-electron chi connectivity index (χ1n) is 4.67. The van der Waals surface area contributed by atoms with E-state index in [1.54, 1.807) is 20.3 Å². The molecule has 4 heteroatoms. The maximum atomic E-state index is 13.0. The summed E-state index contributed by atoms with van der Waals surface area (Å²) in [5, 5.41) is 0. The van der Waals surface area contributed by atoms with Crippen LogP contribution in [0.5, 0.6) is 5.75 Å². The summed E-state index contributed by atoms with van der Waals surface area (Å²) in [7, 11) is 5.10. The van der Waals surface area contributed by atoms with Crippen molar-refractivity contribution < 1.29 is 13.9 Å².